The van der Waals surface area contributed by atoms with Crippen molar-refractivity contribution in [3.63, 3.8) is 0 Å². The molecule has 7 rings (SSSR count). The standard InChI is InChI=1S/C41H33N5/c42-36(30-13-4-1-5-14-30)26-27-37(43)31-22-20-29(21-23-31)35-25-24-28-12-10-11-19-34(28)38(35)41-45-39(32-15-6-2-7-16-32)44-40(46-41)33-17-8-3-9-18-33/h1-27,39,41-43,45H,(H,44,46)/b27-26-,42-36?,43-37?. The molecule has 0 spiro atoms. The first-order valence-electron chi connectivity index (χ1n) is 15.4. The monoisotopic (exact) mass is 595 g/mol. The summed E-state index contributed by atoms with van der Waals surface area (Å²) in [4.78, 5) is 5.28. The van der Waals surface area contributed by atoms with Gasteiger partial charge in [-0.3, -0.25) is 5.32 Å². The van der Waals surface area contributed by atoms with Gasteiger partial charge in [0.2, 0.25) is 0 Å². The van der Waals surface area contributed by atoms with Gasteiger partial charge in [0.25, 0.3) is 0 Å². The first-order chi connectivity index (χ1) is 22.6. The zero-order valence-electron chi connectivity index (χ0n) is 25.2. The van der Waals surface area contributed by atoms with Gasteiger partial charge in [-0.05, 0) is 50.7 Å². The highest BCUT2D eigenvalue weighted by Crippen LogP contribution is 2.38. The lowest BCUT2D eigenvalue weighted by Gasteiger charge is -2.33. The van der Waals surface area contributed by atoms with Crippen LogP contribution in [0.2, 0.25) is 0 Å². The summed E-state index contributed by atoms with van der Waals surface area (Å²) in [5.74, 6) is 0.841. The molecule has 0 saturated heterocycles. The van der Waals surface area contributed by atoms with Crippen LogP contribution in [-0.4, -0.2) is 17.3 Å². The molecular weight excluding hydrogens is 562 g/mol. The normalized spacial score (nSPS) is 16.1. The number of fused-ring (bicyclic) bond motifs is 1. The lowest BCUT2D eigenvalue weighted by Crippen LogP contribution is -2.45. The van der Waals surface area contributed by atoms with E-state index in [0.29, 0.717) is 11.4 Å². The van der Waals surface area contributed by atoms with Gasteiger partial charge in [-0.1, -0.05) is 152 Å². The lowest BCUT2D eigenvalue weighted by atomic mass is 9.91. The predicted molar refractivity (Wildman–Crippen MR) is 190 cm³/mol. The summed E-state index contributed by atoms with van der Waals surface area (Å²) >= 11 is 0. The van der Waals surface area contributed by atoms with E-state index in [2.05, 4.69) is 95.6 Å². The lowest BCUT2D eigenvalue weighted by molar-refractivity contribution is 0.411. The molecule has 4 N–H and O–H groups in total. The topological polar surface area (TPSA) is 84.1 Å². The molecule has 1 aliphatic rings. The molecule has 222 valence electrons. The molecule has 0 bridgehead atoms. The molecule has 0 amide bonds. The molecule has 0 aromatic heterocycles. The third-order valence-electron chi connectivity index (χ3n) is 8.30. The van der Waals surface area contributed by atoms with Crippen molar-refractivity contribution in [3.8, 4) is 11.1 Å². The third kappa shape index (κ3) is 6.05. The fourth-order valence-electron chi connectivity index (χ4n) is 5.91. The average molecular weight is 596 g/mol. The van der Waals surface area contributed by atoms with Crippen LogP contribution in [0, 0.1) is 10.8 Å². The summed E-state index contributed by atoms with van der Waals surface area (Å²) in [5, 5.41) is 26.7. The Bertz CT molecular complexity index is 2070. The van der Waals surface area contributed by atoms with Gasteiger partial charge in [0.15, 0.2) is 0 Å². The van der Waals surface area contributed by atoms with E-state index in [-0.39, 0.29) is 12.3 Å². The highest BCUT2D eigenvalue weighted by Gasteiger charge is 2.28. The number of nitrogens with one attached hydrogen (secondary N) is 4. The van der Waals surface area contributed by atoms with Crippen LogP contribution in [0.25, 0.3) is 21.9 Å². The number of allylic oxidation sites excluding steroid dienone is 2. The number of rotatable bonds is 8. The van der Waals surface area contributed by atoms with Crippen molar-refractivity contribution in [2.45, 2.75) is 12.3 Å². The van der Waals surface area contributed by atoms with E-state index in [1.54, 1.807) is 12.2 Å². The Labute approximate surface area is 269 Å². The van der Waals surface area contributed by atoms with Crippen LogP contribution >= 0.6 is 0 Å². The minimum Gasteiger partial charge on any atom is -0.350 e. The Morgan fingerprint density at radius 3 is 1.85 bits per heavy atom. The summed E-state index contributed by atoms with van der Waals surface area (Å²) in [7, 11) is 0. The summed E-state index contributed by atoms with van der Waals surface area (Å²) < 4.78 is 0. The van der Waals surface area contributed by atoms with Crippen LogP contribution in [0.5, 0.6) is 0 Å². The predicted octanol–water partition coefficient (Wildman–Crippen LogP) is 8.84. The van der Waals surface area contributed by atoms with E-state index >= 15 is 0 Å². The van der Waals surface area contributed by atoms with Crippen LogP contribution in [0.1, 0.15) is 40.1 Å². The second-order valence-corrected chi connectivity index (χ2v) is 11.3. The van der Waals surface area contributed by atoms with Gasteiger partial charge in [-0.2, -0.15) is 0 Å². The maximum atomic E-state index is 8.66. The molecule has 0 fully saturated rings. The number of amidine groups is 1. The smallest absolute Gasteiger partial charge is 0.131 e. The maximum Gasteiger partial charge on any atom is 0.131 e. The van der Waals surface area contributed by atoms with Gasteiger partial charge in [-0.25, -0.2) is 4.99 Å². The average Bonchev–Trinajstić information content (AvgIpc) is 3.14. The molecule has 0 radical (unpaired) electrons. The summed E-state index contributed by atoms with van der Waals surface area (Å²) in [5.41, 5.74) is 7.75. The molecule has 1 heterocycles. The Morgan fingerprint density at radius 2 is 1.15 bits per heavy atom. The Hall–Kier alpha value is -5.91. The molecule has 6 aromatic carbocycles. The number of hydrogen-bond donors (Lipinski definition) is 4. The SMILES string of the molecule is N=C(/C=C\C(=N)c1ccc(-c2ccc3ccccc3c2C2N=C(c3ccccc3)NC(c3ccccc3)N2)cc1)c1ccccc1. The van der Waals surface area contributed by atoms with Gasteiger partial charge < -0.3 is 16.1 Å². The largest absolute Gasteiger partial charge is 0.350 e. The molecule has 46 heavy (non-hydrogen) atoms. The molecule has 2 atom stereocenters. The number of benzene rings is 6. The van der Waals surface area contributed by atoms with Crippen LogP contribution in [0.4, 0.5) is 0 Å². The molecule has 6 aromatic rings. The van der Waals surface area contributed by atoms with E-state index in [4.69, 9.17) is 15.8 Å². The quantitative estimate of drug-likeness (QED) is 0.133. The molecular formula is C41H33N5. The van der Waals surface area contributed by atoms with Crippen LogP contribution < -0.4 is 10.6 Å². The maximum absolute atomic E-state index is 8.66. The number of hydrogen-bond acceptors (Lipinski definition) is 5. The van der Waals surface area contributed by atoms with Gasteiger partial charge in [0, 0.05) is 11.1 Å². The van der Waals surface area contributed by atoms with Crippen molar-refractivity contribution < 1.29 is 0 Å². The number of nitrogens with zero attached hydrogens (tertiary/aromatic N) is 1. The van der Waals surface area contributed by atoms with Gasteiger partial charge in [0.1, 0.15) is 18.2 Å². The van der Waals surface area contributed by atoms with Crippen molar-refractivity contribution >= 4 is 28.0 Å². The molecule has 1 aliphatic heterocycles. The third-order valence-corrected chi connectivity index (χ3v) is 8.30. The van der Waals surface area contributed by atoms with Gasteiger partial charge in [-0.15, -0.1) is 0 Å². The van der Waals surface area contributed by atoms with E-state index in [1.807, 2.05) is 66.7 Å². The van der Waals surface area contributed by atoms with Crippen molar-refractivity contribution in [2.75, 3.05) is 0 Å². The van der Waals surface area contributed by atoms with Crippen molar-refractivity contribution in [2.24, 2.45) is 4.99 Å². The van der Waals surface area contributed by atoms with Crippen molar-refractivity contribution in [3.05, 3.63) is 192 Å². The van der Waals surface area contributed by atoms with E-state index in [9.17, 15) is 0 Å². The van der Waals surface area contributed by atoms with Crippen LogP contribution in [0.3, 0.4) is 0 Å². The molecule has 0 aliphatic carbocycles. The van der Waals surface area contributed by atoms with E-state index in [0.717, 1.165) is 55.6 Å². The minimum absolute atomic E-state index is 0.144. The van der Waals surface area contributed by atoms with E-state index < -0.39 is 0 Å². The molecule has 2 unspecified atom stereocenters. The second-order valence-electron chi connectivity index (χ2n) is 11.3. The molecule has 5 nitrogen and oxygen atoms in total. The first-order valence-corrected chi connectivity index (χ1v) is 15.4. The highest BCUT2D eigenvalue weighted by molar-refractivity contribution is 6.14. The second kappa shape index (κ2) is 13.0. The summed E-state index contributed by atoms with van der Waals surface area (Å²) in [6, 6.07) is 51.2. The Morgan fingerprint density at radius 1 is 0.565 bits per heavy atom. The highest BCUT2D eigenvalue weighted by atomic mass is 15.3. The summed E-state index contributed by atoms with van der Waals surface area (Å²) in [6.45, 7) is 0. The van der Waals surface area contributed by atoms with Gasteiger partial charge >= 0.3 is 0 Å². The Balaban J connectivity index is 1.27. The van der Waals surface area contributed by atoms with E-state index in [1.165, 1.54) is 0 Å². The summed E-state index contributed by atoms with van der Waals surface area (Å²) in [6.07, 6.45) is 2.90. The fourth-order valence-corrected chi connectivity index (χ4v) is 5.91. The van der Waals surface area contributed by atoms with Crippen LogP contribution in [0.15, 0.2) is 169 Å². The number of aliphatic imine (C=N–C) groups is 1. The minimum atomic E-state index is -0.326. The first kappa shape index (κ1) is 28.8. The van der Waals surface area contributed by atoms with Gasteiger partial charge in [0.05, 0.1) is 11.4 Å². The van der Waals surface area contributed by atoms with Crippen molar-refractivity contribution in [1.29, 1.82) is 10.8 Å². The molecule has 5 heteroatoms. The van der Waals surface area contributed by atoms with Crippen LogP contribution in [-0.2, 0) is 0 Å². The zero-order chi connectivity index (χ0) is 31.3. The fraction of sp³-hybridized carbons (Fsp3) is 0.0488. The molecule has 0 saturated carbocycles. The van der Waals surface area contributed by atoms with Crippen molar-refractivity contribution in [1.82, 2.24) is 10.6 Å². The Kier molecular flexibility index (Phi) is 8.14. The zero-order valence-corrected chi connectivity index (χ0v) is 25.2.